The standard InChI is InChI=1S/C37H54N4O7/c1-10-11-15-18-41(33(44)28(23-30(38)42)40-35(46)48-37(7,8)9)31(27-20-24(2)19-25(3)21-27)32(43)39-29(34(45)47-36(4,5)6)22-26-16-13-12-14-17-26/h12-14,16-17,19-21,28-29,31H,10-11,15,18,22-23H2,1-9H3,(H2,38,42)(H,39,43)(H,40,46). The molecule has 0 saturated carbocycles. The van der Waals surface area contributed by atoms with Crippen LogP contribution in [0.5, 0.6) is 0 Å². The van der Waals surface area contributed by atoms with E-state index in [4.69, 9.17) is 15.2 Å². The van der Waals surface area contributed by atoms with E-state index in [0.717, 1.165) is 29.5 Å². The molecule has 48 heavy (non-hydrogen) atoms. The molecular weight excluding hydrogens is 612 g/mol. The topological polar surface area (TPSA) is 157 Å². The van der Waals surface area contributed by atoms with Crippen molar-refractivity contribution in [1.82, 2.24) is 15.5 Å². The van der Waals surface area contributed by atoms with Gasteiger partial charge in [-0.15, -0.1) is 0 Å². The van der Waals surface area contributed by atoms with E-state index < -0.39 is 65.5 Å². The first-order valence-corrected chi connectivity index (χ1v) is 16.5. The molecule has 11 heteroatoms. The van der Waals surface area contributed by atoms with Crippen LogP contribution in [-0.2, 0) is 35.1 Å². The van der Waals surface area contributed by atoms with Gasteiger partial charge < -0.3 is 30.7 Å². The number of nitrogens with two attached hydrogens (primary N) is 1. The number of nitrogens with one attached hydrogen (secondary N) is 2. The fourth-order valence-corrected chi connectivity index (χ4v) is 5.26. The molecule has 4 N–H and O–H groups in total. The molecule has 2 aromatic carbocycles. The molecule has 264 valence electrons. The molecule has 0 aliphatic carbocycles. The molecule has 3 unspecified atom stereocenters. The molecule has 0 aromatic heterocycles. The average Bonchev–Trinajstić information content (AvgIpc) is 2.93. The van der Waals surface area contributed by atoms with E-state index in [2.05, 4.69) is 10.6 Å². The predicted octanol–water partition coefficient (Wildman–Crippen LogP) is 5.20. The molecule has 3 atom stereocenters. The maximum absolute atomic E-state index is 14.6. The molecule has 0 fully saturated rings. The van der Waals surface area contributed by atoms with E-state index >= 15 is 0 Å². The third-order valence-corrected chi connectivity index (χ3v) is 7.09. The van der Waals surface area contributed by atoms with Crippen LogP contribution in [0.4, 0.5) is 4.79 Å². The maximum atomic E-state index is 14.6. The predicted molar refractivity (Wildman–Crippen MR) is 185 cm³/mol. The number of aryl methyl sites for hydroxylation is 2. The first-order chi connectivity index (χ1) is 22.3. The third kappa shape index (κ3) is 13.8. The Bertz CT molecular complexity index is 1390. The first kappa shape index (κ1) is 39.8. The zero-order chi connectivity index (χ0) is 36.2. The van der Waals surface area contributed by atoms with Crippen molar-refractivity contribution in [2.24, 2.45) is 5.73 Å². The Balaban J connectivity index is 2.68. The number of benzene rings is 2. The van der Waals surface area contributed by atoms with Gasteiger partial charge in [-0.05, 0) is 72.9 Å². The van der Waals surface area contributed by atoms with Crippen molar-refractivity contribution in [3.05, 3.63) is 70.8 Å². The molecule has 4 amide bonds. The second-order valence-electron chi connectivity index (χ2n) is 14.2. The number of amides is 4. The lowest BCUT2D eigenvalue weighted by atomic mass is 9.97. The van der Waals surface area contributed by atoms with Gasteiger partial charge in [0.25, 0.3) is 0 Å². The summed E-state index contributed by atoms with van der Waals surface area (Å²) in [6.07, 6.45) is 0.843. The number of hydrogen-bond donors (Lipinski definition) is 3. The molecule has 0 aliphatic heterocycles. The summed E-state index contributed by atoms with van der Waals surface area (Å²) in [5, 5.41) is 5.39. The van der Waals surface area contributed by atoms with Crippen molar-refractivity contribution in [3.63, 3.8) is 0 Å². The summed E-state index contributed by atoms with van der Waals surface area (Å²) in [4.78, 5) is 68.9. The minimum atomic E-state index is -1.41. The van der Waals surface area contributed by atoms with Crippen LogP contribution < -0.4 is 16.4 Å². The smallest absolute Gasteiger partial charge is 0.408 e. The lowest BCUT2D eigenvalue weighted by molar-refractivity contribution is -0.159. The first-order valence-electron chi connectivity index (χ1n) is 16.5. The van der Waals surface area contributed by atoms with Crippen LogP contribution in [0, 0.1) is 13.8 Å². The van der Waals surface area contributed by atoms with Crippen molar-refractivity contribution < 1.29 is 33.4 Å². The number of ether oxygens (including phenoxy) is 2. The highest BCUT2D eigenvalue weighted by Crippen LogP contribution is 2.27. The van der Waals surface area contributed by atoms with Gasteiger partial charge in [0.2, 0.25) is 17.7 Å². The van der Waals surface area contributed by atoms with E-state index in [1.54, 1.807) is 53.7 Å². The van der Waals surface area contributed by atoms with Crippen molar-refractivity contribution >= 4 is 29.8 Å². The second kappa shape index (κ2) is 17.7. The average molecular weight is 667 g/mol. The van der Waals surface area contributed by atoms with Crippen LogP contribution in [0.1, 0.15) is 102 Å². The molecule has 0 aliphatic rings. The number of alkyl carbamates (subject to hydrolysis) is 1. The Labute approximate surface area is 285 Å². The molecule has 0 spiro atoms. The van der Waals surface area contributed by atoms with E-state index in [1.807, 2.05) is 57.2 Å². The number of rotatable bonds is 15. The van der Waals surface area contributed by atoms with Gasteiger partial charge in [-0.1, -0.05) is 79.4 Å². The molecule has 0 heterocycles. The number of carbonyl (C=O) groups excluding carboxylic acids is 5. The molecule has 0 saturated heterocycles. The number of hydrogen-bond acceptors (Lipinski definition) is 7. The van der Waals surface area contributed by atoms with Crippen LogP contribution in [0.25, 0.3) is 0 Å². The van der Waals surface area contributed by atoms with Crippen LogP contribution in [0.2, 0.25) is 0 Å². The van der Waals surface area contributed by atoms with Crippen LogP contribution in [-0.4, -0.2) is 64.5 Å². The van der Waals surface area contributed by atoms with E-state index in [1.165, 1.54) is 4.90 Å². The third-order valence-electron chi connectivity index (χ3n) is 7.09. The molecule has 2 rings (SSSR count). The highest BCUT2D eigenvalue weighted by molar-refractivity contribution is 5.95. The lowest BCUT2D eigenvalue weighted by Gasteiger charge is -2.35. The van der Waals surface area contributed by atoms with Crippen molar-refractivity contribution in [3.8, 4) is 0 Å². The number of nitrogens with zero attached hydrogens (tertiary/aromatic N) is 1. The van der Waals surface area contributed by atoms with E-state index in [0.29, 0.717) is 12.0 Å². The fourth-order valence-electron chi connectivity index (χ4n) is 5.26. The van der Waals surface area contributed by atoms with E-state index in [9.17, 15) is 24.0 Å². The number of unbranched alkanes of at least 4 members (excludes halogenated alkanes) is 2. The highest BCUT2D eigenvalue weighted by Gasteiger charge is 2.39. The summed E-state index contributed by atoms with van der Waals surface area (Å²) in [5.41, 5.74) is 6.87. The normalized spacial score (nSPS) is 13.4. The summed E-state index contributed by atoms with van der Waals surface area (Å²) in [6, 6.07) is 11.1. The Morgan fingerprint density at radius 3 is 1.92 bits per heavy atom. The quantitative estimate of drug-likeness (QED) is 0.174. The Morgan fingerprint density at radius 2 is 1.40 bits per heavy atom. The monoisotopic (exact) mass is 666 g/mol. The zero-order valence-electron chi connectivity index (χ0n) is 30.0. The molecule has 0 radical (unpaired) electrons. The minimum Gasteiger partial charge on any atom is -0.458 e. The summed E-state index contributed by atoms with van der Waals surface area (Å²) < 4.78 is 11.1. The van der Waals surface area contributed by atoms with Gasteiger partial charge in [0.1, 0.15) is 29.3 Å². The fraction of sp³-hybridized carbons (Fsp3) is 0.541. The Morgan fingerprint density at radius 1 is 0.812 bits per heavy atom. The number of primary amides is 1. The molecule has 0 bridgehead atoms. The summed E-state index contributed by atoms with van der Waals surface area (Å²) in [7, 11) is 0. The van der Waals surface area contributed by atoms with Crippen molar-refractivity contribution in [2.75, 3.05) is 6.54 Å². The lowest BCUT2D eigenvalue weighted by Crippen LogP contribution is -2.55. The molecule has 11 nitrogen and oxygen atoms in total. The number of carbonyl (C=O) groups is 5. The Kier molecular flexibility index (Phi) is 14.6. The second-order valence-corrected chi connectivity index (χ2v) is 14.2. The summed E-state index contributed by atoms with van der Waals surface area (Å²) in [6.45, 7) is 16.2. The molecular formula is C37H54N4O7. The van der Waals surface area contributed by atoms with Gasteiger partial charge in [0.15, 0.2) is 0 Å². The molecule has 2 aromatic rings. The van der Waals surface area contributed by atoms with E-state index in [-0.39, 0.29) is 13.0 Å². The van der Waals surface area contributed by atoms with Gasteiger partial charge in [-0.2, -0.15) is 0 Å². The maximum Gasteiger partial charge on any atom is 0.408 e. The van der Waals surface area contributed by atoms with Crippen LogP contribution in [0.3, 0.4) is 0 Å². The zero-order valence-corrected chi connectivity index (χ0v) is 30.0. The van der Waals surface area contributed by atoms with Crippen molar-refractivity contribution in [2.45, 2.75) is 124 Å². The number of esters is 1. The van der Waals surface area contributed by atoms with Gasteiger partial charge >= 0.3 is 12.1 Å². The summed E-state index contributed by atoms with van der Waals surface area (Å²) in [5.74, 6) is -2.75. The minimum absolute atomic E-state index is 0.124. The van der Waals surface area contributed by atoms with Gasteiger partial charge in [-0.25, -0.2) is 9.59 Å². The van der Waals surface area contributed by atoms with Crippen LogP contribution >= 0.6 is 0 Å². The highest BCUT2D eigenvalue weighted by atomic mass is 16.6. The summed E-state index contributed by atoms with van der Waals surface area (Å²) >= 11 is 0. The van der Waals surface area contributed by atoms with Gasteiger partial charge in [0, 0.05) is 13.0 Å². The van der Waals surface area contributed by atoms with Crippen LogP contribution in [0.15, 0.2) is 48.5 Å². The van der Waals surface area contributed by atoms with Gasteiger partial charge in [-0.3, -0.25) is 14.4 Å². The van der Waals surface area contributed by atoms with Crippen molar-refractivity contribution in [1.29, 1.82) is 0 Å². The largest absolute Gasteiger partial charge is 0.458 e. The Hall–Kier alpha value is -4.41. The SMILES string of the molecule is CCCCCN(C(=O)C(CC(N)=O)NC(=O)OC(C)(C)C)C(C(=O)NC(Cc1ccccc1)C(=O)OC(C)(C)C)c1cc(C)cc(C)c1. The van der Waals surface area contributed by atoms with Gasteiger partial charge in [0.05, 0.1) is 6.42 Å².